The molecule has 1 saturated heterocycles. The predicted octanol–water partition coefficient (Wildman–Crippen LogP) is 1.55. The largest absolute Gasteiger partial charge is 0.387 e. The Kier molecular flexibility index (Phi) is 5.23. The Balaban J connectivity index is 1.49. The number of benzene rings is 1. The van der Waals surface area contributed by atoms with Gasteiger partial charge in [0, 0.05) is 69.7 Å². The van der Waals surface area contributed by atoms with E-state index in [0.717, 1.165) is 38.8 Å². The zero-order valence-corrected chi connectivity index (χ0v) is 13.7. The molecule has 0 spiro atoms. The van der Waals surface area contributed by atoms with Gasteiger partial charge in [0.05, 0.1) is 12.3 Å². The van der Waals surface area contributed by atoms with Gasteiger partial charge < -0.3 is 5.11 Å². The van der Waals surface area contributed by atoms with Gasteiger partial charge in [0.25, 0.3) is 0 Å². The van der Waals surface area contributed by atoms with Crippen LogP contribution in [0.2, 0.25) is 0 Å². The Morgan fingerprint density at radius 3 is 2.50 bits per heavy atom. The van der Waals surface area contributed by atoms with Crippen LogP contribution in [0.15, 0.2) is 30.6 Å². The molecule has 3 rings (SSSR count). The number of β-amino-alcohol motifs (C(OH)–C–C–N with tert-alkyl or cyclic N) is 1. The second kappa shape index (κ2) is 7.38. The number of halogens is 2. The highest BCUT2D eigenvalue weighted by molar-refractivity contribution is 5.21. The van der Waals surface area contributed by atoms with Gasteiger partial charge in [-0.3, -0.25) is 14.5 Å². The standard InChI is InChI=1S/C17H22F2N4O/c1-21-10-13(9-20-21)11-22-4-6-23(7-5-22)12-17(24)15-3-2-14(18)8-16(15)19/h2-3,8-10,17,24H,4-7,11-12H2,1H3/t17-/m1/s1. The number of nitrogens with zero attached hydrogens (tertiary/aromatic N) is 4. The molecule has 1 N–H and O–H groups in total. The van der Waals surface area contributed by atoms with Crippen LogP contribution in [-0.2, 0) is 13.6 Å². The van der Waals surface area contributed by atoms with Crippen LogP contribution in [0.25, 0.3) is 0 Å². The lowest BCUT2D eigenvalue weighted by molar-refractivity contribution is 0.0684. The van der Waals surface area contributed by atoms with Crippen LogP contribution in [0.1, 0.15) is 17.2 Å². The molecule has 2 heterocycles. The van der Waals surface area contributed by atoms with Crippen LogP contribution in [0, 0.1) is 11.6 Å². The van der Waals surface area contributed by atoms with Crippen molar-refractivity contribution in [3.63, 3.8) is 0 Å². The maximum Gasteiger partial charge on any atom is 0.131 e. The zero-order valence-electron chi connectivity index (χ0n) is 13.7. The van der Waals surface area contributed by atoms with E-state index in [4.69, 9.17) is 0 Å². The predicted molar refractivity (Wildman–Crippen MR) is 86.2 cm³/mol. The summed E-state index contributed by atoms with van der Waals surface area (Å²) in [6.07, 6.45) is 2.93. The lowest BCUT2D eigenvalue weighted by Crippen LogP contribution is -2.47. The van der Waals surface area contributed by atoms with E-state index in [-0.39, 0.29) is 5.56 Å². The van der Waals surface area contributed by atoms with Crippen LogP contribution >= 0.6 is 0 Å². The molecule has 0 saturated carbocycles. The molecule has 0 amide bonds. The van der Waals surface area contributed by atoms with E-state index in [9.17, 15) is 13.9 Å². The molecule has 7 heteroatoms. The number of piperazine rings is 1. The fourth-order valence-corrected chi connectivity index (χ4v) is 3.06. The fourth-order valence-electron chi connectivity index (χ4n) is 3.06. The van der Waals surface area contributed by atoms with Gasteiger partial charge in [-0.2, -0.15) is 5.10 Å². The highest BCUT2D eigenvalue weighted by Gasteiger charge is 2.22. The summed E-state index contributed by atoms with van der Waals surface area (Å²) in [6.45, 7) is 4.58. The Labute approximate surface area is 140 Å². The normalized spacial score (nSPS) is 18.0. The van der Waals surface area contributed by atoms with Gasteiger partial charge in [-0.05, 0) is 6.07 Å². The van der Waals surface area contributed by atoms with Crippen molar-refractivity contribution in [2.45, 2.75) is 12.6 Å². The van der Waals surface area contributed by atoms with E-state index in [1.807, 2.05) is 19.4 Å². The summed E-state index contributed by atoms with van der Waals surface area (Å²) in [5.41, 5.74) is 1.33. The van der Waals surface area contributed by atoms with E-state index < -0.39 is 17.7 Å². The second-order valence-electron chi connectivity index (χ2n) is 6.28. The Hall–Kier alpha value is -1.83. The van der Waals surface area contributed by atoms with Crippen molar-refractivity contribution >= 4 is 0 Å². The average molecular weight is 336 g/mol. The molecule has 0 aliphatic carbocycles. The smallest absolute Gasteiger partial charge is 0.131 e. The number of aryl methyl sites for hydroxylation is 1. The van der Waals surface area contributed by atoms with E-state index >= 15 is 0 Å². The van der Waals surface area contributed by atoms with Crippen molar-refractivity contribution in [1.29, 1.82) is 0 Å². The highest BCUT2D eigenvalue weighted by Crippen LogP contribution is 2.20. The molecule has 24 heavy (non-hydrogen) atoms. The maximum absolute atomic E-state index is 13.7. The molecular weight excluding hydrogens is 314 g/mol. The minimum atomic E-state index is -0.949. The van der Waals surface area contributed by atoms with Crippen LogP contribution in [0.4, 0.5) is 8.78 Å². The zero-order chi connectivity index (χ0) is 17.1. The van der Waals surface area contributed by atoms with Crippen LogP contribution in [-0.4, -0.2) is 57.4 Å². The number of hydrogen-bond donors (Lipinski definition) is 1. The van der Waals surface area contributed by atoms with E-state index in [2.05, 4.69) is 14.9 Å². The Morgan fingerprint density at radius 2 is 1.88 bits per heavy atom. The van der Waals surface area contributed by atoms with Gasteiger partial charge in [-0.1, -0.05) is 6.07 Å². The van der Waals surface area contributed by atoms with Crippen molar-refractivity contribution in [1.82, 2.24) is 19.6 Å². The van der Waals surface area contributed by atoms with E-state index in [1.54, 1.807) is 4.68 Å². The first kappa shape index (κ1) is 17.0. The molecule has 1 aliphatic heterocycles. The molecule has 1 aromatic carbocycles. The summed E-state index contributed by atoms with van der Waals surface area (Å²) >= 11 is 0. The number of rotatable bonds is 5. The van der Waals surface area contributed by atoms with Crippen molar-refractivity contribution in [2.24, 2.45) is 7.05 Å². The summed E-state index contributed by atoms with van der Waals surface area (Å²) in [4.78, 5) is 4.44. The van der Waals surface area contributed by atoms with Gasteiger partial charge >= 0.3 is 0 Å². The first-order valence-electron chi connectivity index (χ1n) is 8.06. The minimum absolute atomic E-state index is 0.147. The first-order valence-corrected chi connectivity index (χ1v) is 8.06. The average Bonchev–Trinajstić information content (AvgIpc) is 2.94. The van der Waals surface area contributed by atoms with Gasteiger partial charge in [0.1, 0.15) is 11.6 Å². The minimum Gasteiger partial charge on any atom is -0.387 e. The van der Waals surface area contributed by atoms with Crippen molar-refractivity contribution < 1.29 is 13.9 Å². The third-order valence-electron chi connectivity index (χ3n) is 4.38. The van der Waals surface area contributed by atoms with Crippen molar-refractivity contribution in [2.75, 3.05) is 32.7 Å². The van der Waals surface area contributed by atoms with Crippen LogP contribution in [0.5, 0.6) is 0 Å². The number of aliphatic hydroxyl groups is 1. The Morgan fingerprint density at radius 1 is 1.17 bits per heavy atom. The first-order chi connectivity index (χ1) is 11.5. The molecule has 5 nitrogen and oxygen atoms in total. The lowest BCUT2D eigenvalue weighted by Gasteiger charge is -2.35. The van der Waals surface area contributed by atoms with E-state index in [1.165, 1.54) is 17.7 Å². The monoisotopic (exact) mass is 336 g/mol. The number of hydrogen-bond acceptors (Lipinski definition) is 4. The van der Waals surface area contributed by atoms with Crippen LogP contribution < -0.4 is 0 Å². The van der Waals surface area contributed by atoms with Gasteiger partial charge in [0.15, 0.2) is 0 Å². The maximum atomic E-state index is 13.7. The molecule has 1 aromatic heterocycles. The molecule has 2 aromatic rings. The number of aliphatic hydroxyl groups excluding tert-OH is 1. The van der Waals surface area contributed by atoms with Gasteiger partial charge in [-0.15, -0.1) is 0 Å². The summed E-state index contributed by atoms with van der Waals surface area (Å²) in [5, 5.41) is 14.4. The van der Waals surface area contributed by atoms with Gasteiger partial charge in [0.2, 0.25) is 0 Å². The fraction of sp³-hybridized carbons (Fsp3) is 0.471. The second-order valence-corrected chi connectivity index (χ2v) is 6.28. The molecule has 1 fully saturated rings. The van der Waals surface area contributed by atoms with Crippen LogP contribution in [0.3, 0.4) is 0 Å². The topological polar surface area (TPSA) is 44.5 Å². The third-order valence-corrected chi connectivity index (χ3v) is 4.38. The van der Waals surface area contributed by atoms with Gasteiger partial charge in [-0.25, -0.2) is 8.78 Å². The molecule has 0 radical (unpaired) electrons. The summed E-state index contributed by atoms with van der Waals surface area (Å²) in [7, 11) is 1.90. The summed E-state index contributed by atoms with van der Waals surface area (Å²) < 4.78 is 28.5. The third kappa shape index (κ3) is 4.17. The molecule has 0 unspecified atom stereocenters. The summed E-state index contributed by atoms with van der Waals surface area (Å²) in [5.74, 6) is -1.33. The molecule has 0 bridgehead atoms. The number of aromatic nitrogens is 2. The highest BCUT2D eigenvalue weighted by atomic mass is 19.1. The molecule has 130 valence electrons. The van der Waals surface area contributed by atoms with Crippen molar-refractivity contribution in [3.8, 4) is 0 Å². The Bertz CT molecular complexity index is 683. The molecule has 1 aliphatic rings. The quantitative estimate of drug-likeness (QED) is 0.900. The molecule has 1 atom stereocenters. The van der Waals surface area contributed by atoms with E-state index in [0.29, 0.717) is 6.54 Å². The SMILES string of the molecule is Cn1cc(CN2CCN(C[C@@H](O)c3ccc(F)cc3F)CC2)cn1. The lowest BCUT2D eigenvalue weighted by atomic mass is 10.1. The summed E-state index contributed by atoms with van der Waals surface area (Å²) in [6, 6.07) is 3.30. The molecular formula is C17H22F2N4O. The van der Waals surface area contributed by atoms with Crippen molar-refractivity contribution in [3.05, 3.63) is 53.4 Å².